The summed E-state index contributed by atoms with van der Waals surface area (Å²) in [5.41, 5.74) is 5.81. The van der Waals surface area contributed by atoms with Crippen LogP contribution in [-0.4, -0.2) is 53.6 Å². The fourth-order valence-electron chi connectivity index (χ4n) is 3.50. The van der Waals surface area contributed by atoms with Gasteiger partial charge in [0, 0.05) is 37.5 Å². The van der Waals surface area contributed by atoms with Crippen LogP contribution in [0.5, 0.6) is 11.5 Å². The molecule has 1 aliphatic heterocycles. The largest absolute Gasteiger partial charge is 0.497 e. The number of imidazole rings is 1. The highest BCUT2D eigenvalue weighted by Crippen LogP contribution is 2.30. The van der Waals surface area contributed by atoms with Gasteiger partial charge in [-0.2, -0.15) is 0 Å². The summed E-state index contributed by atoms with van der Waals surface area (Å²) >= 11 is 0. The van der Waals surface area contributed by atoms with E-state index >= 15 is 0 Å². The highest BCUT2D eigenvalue weighted by Gasteiger charge is 2.29. The van der Waals surface area contributed by atoms with Crippen molar-refractivity contribution in [2.45, 2.75) is 25.3 Å². The first-order valence-corrected chi connectivity index (χ1v) is 8.84. The van der Waals surface area contributed by atoms with E-state index in [1.165, 1.54) is 7.11 Å². The number of methoxy groups -OCH3 is 2. The summed E-state index contributed by atoms with van der Waals surface area (Å²) in [5.74, 6) is 1.45. The van der Waals surface area contributed by atoms with Gasteiger partial charge in [0.15, 0.2) is 0 Å². The molecule has 0 spiro atoms. The number of nitrogens with zero attached hydrogens (tertiary/aromatic N) is 3. The van der Waals surface area contributed by atoms with Crippen LogP contribution in [0.3, 0.4) is 0 Å². The Balaban J connectivity index is 1.79. The normalized spacial score (nSPS) is 16.8. The molecular formula is C19H24N4O4. The molecule has 144 valence electrons. The van der Waals surface area contributed by atoms with Gasteiger partial charge in [0.25, 0.3) is 5.91 Å². The predicted octanol–water partition coefficient (Wildman–Crippen LogP) is 1.41. The van der Waals surface area contributed by atoms with E-state index in [0.717, 1.165) is 18.7 Å². The molecule has 1 fully saturated rings. The summed E-state index contributed by atoms with van der Waals surface area (Å²) in [6.07, 6.45) is 5.16. The van der Waals surface area contributed by atoms with Crippen molar-refractivity contribution >= 4 is 11.8 Å². The SMILES string of the molecule is COc1ccc(C(=O)N2CCC[C@@H](c3nccn3CC(N)=O)C2)c(OC)c1. The number of nitrogens with two attached hydrogens (primary N) is 1. The van der Waals surface area contributed by atoms with Gasteiger partial charge in [0.2, 0.25) is 5.91 Å². The monoisotopic (exact) mass is 372 g/mol. The number of hydrogen-bond donors (Lipinski definition) is 1. The summed E-state index contributed by atoms with van der Waals surface area (Å²) in [6.45, 7) is 1.29. The van der Waals surface area contributed by atoms with Gasteiger partial charge in [-0.25, -0.2) is 4.98 Å². The minimum Gasteiger partial charge on any atom is -0.497 e. The zero-order chi connectivity index (χ0) is 19.4. The highest BCUT2D eigenvalue weighted by molar-refractivity contribution is 5.97. The molecule has 2 heterocycles. The molecule has 3 rings (SSSR count). The van der Waals surface area contributed by atoms with E-state index in [1.807, 2.05) is 4.90 Å². The molecular weight excluding hydrogens is 348 g/mol. The van der Waals surface area contributed by atoms with Crippen molar-refractivity contribution in [2.75, 3.05) is 27.3 Å². The van der Waals surface area contributed by atoms with E-state index < -0.39 is 5.91 Å². The van der Waals surface area contributed by atoms with Gasteiger partial charge in [-0.1, -0.05) is 0 Å². The fraction of sp³-hybridized carbons (Fsp3) is 0.421. The van der Waals surface area contributed by atoms with Crippen LogP contribution in [-0.2, 0) is 11.3 Å². The van der Waals surface area contributed by atoms with Gasteiger partial charge >= 0.3 is 0 Å². The third-order valence-corrected chi connectivity index (χ3v) is 4.79. The molecule has 2 N–H and O–H groups in total. The third kappa shape index (κ3) is 4.05. The molecule has 0 saturated carbocycles. The lowest BCUT2D eigenvalue weighted by molar-refractivity contribution is -0.118. The lowest BCUT2D eigenvalue weighted by Crippen LogP contribution is -2.40. The van der Waals surface area contributed by atoms with Crippen LogP contribution >= 0.6 is 0 Å². The Morgan fingerprint density at radius 1 is 1.30 bits per heavy atom. The van der Waals surface area contributed by atoms with Crippen LogP contribution in [0.1, 0.15) is 34.9 Å². The van der Waals surface area contributed by atoms with Crippen LogP contribution in [0, 0.1) is 0 Å². The smallest absolute Gasteiger partial charge is 0.257 e. The molecule has 27 heavy (non-hydrogen) atoms. The van der Waals surface area contributed by atoms with Crippen molar-refractivity contribution < 1.29 is 19.1 Å². The van der Waals surface area contributed by atoms with E-state index in [-0.39, 0.29) is 18.4 Å². The molecule has 0 bridgehead atoms. The van der Waals surface area contributed by atoms with Gasteiger partial charge in [-0.05, 0) is 25.0 Å². The maximum absolute atomic E-state index is 13.1. The van der Waals surface area contributed by atoms with Crippen molar-refractivity contribution in [1.82, 2.24) is 14.5 Å². The van der Waals surface area contributed by atoms with Gasteiger partial charge in [-0.3, -0.25) is 9.59 Å². The molecule has 8 nitrogen and oxygen atoms in total. The van der Waals surface area contributed by atoms with E-state index in [4.69, 9.17) is 15.2 Å². The van der Waals surface area contributed by atoms with E-state index in [1.54, 1.807) is 42.3 Å². The number of carbonyl (C=O) groups excluding carboxylic acids is 2. The molecule has 8 heteroatoms. The number of amides is 2. The Morgan fingerprint density at radius 2 is 2.11 bits per heavy atom. The number of hydrogen-bond acceptors (Lipinski definition) is 5. The Hall–Kier alpha value is -3.03. The number of carbonyl (C=O) groups is 2. The third-order valence-electron chi connectivity index (χ3n) is 4.79. The second kappa shape index (κ2) is 8.11. The van der Waals surface area contributed by atoms with Gasteiger partial charge in [0.05, 0.1) is 19.8 Å². The van der Waals surface area contributed by atoms with Crippen LogP contribution in [0.4, 0.5) is 0 Å². The van der Waals surface area contributed by atoms with Crippen molar-refractivity contribution in [3.05, 3.63) is 42.0 Å². The lowest BCUT2D eigenvalue weighted by Gasteiger charge is -2.33. The highest BCUT2D eigenvalue weighted by atomic mass is 16.5. The van der Waals surface area contributed by atoms with Crippen LogP contribution in [0.25, 0.3) is 0 Å². The lowest BCUT2D eigenvalue weighted by atomic mass is 9.96. The van der Waals surface area contributed by atoms with Gasteiger partial charge in [0.1, 0.15) is 23.9 Å². The van der Waals surface area contributed by atoms with Crippen molar-refractivity contribution in [3.63, 3.8) is 0 Å². The van der Waals surface area contributed by atoms with Crippen molar-refractivity contribution in [2.24, 2.45) is 5.73 Å². The average Bonchev–Trinajstić information content (AvgIpc) is 3.14. The minimum atomic E-state index is -0.416. The van der Waals surface area contributed by atoms with E-state index in [0.29, 0.717) is 30.2 Å². The molecule has 0 unspecified atom stereocenters. The standard InChI is InChI=1S/C19H24N4O4/c1-26-14-5-6-15(16(10-14)27-2)19(25)23-8-3-4-13(11-23)18-21-7-9-22(18)12-17(20)24/h5-7,9-10,13H,3-4,8,11-12H2,1-2H3,(H2,20,24)/t13-/m1/s1. The average molecular weight is 372 g/mol. The van der Waals surface area contributed by atoms with Crippen LogP contribution in [0.2, 0.25) is 0 Å². The van der Waals surface area contributed by atoms with E-state index in [9.17, 15) is 9.59 Å². The molecule has 2 aromatic rings. The van der Waals surface area contributed by atoms with Gasteiger partial charge in [-0.15, -0.1) is 0 Å². The minimum absolute atomic E-state index is 0.0568. The zero-order valence-electron chi connectivity index (χ0n) is 15.6. The Morgan fingerprint density at radius 3 is 2.81 bits per heavy atom. The summed E-state index contributed by atoms with van der Waals surface area (Å²) in [4.78, 5) is 30.5. The number of benzene rings is 1. The second-order valence-corrected chi connectivity index (χ2v) is 6.54. The van der Waals surface area contributed by atoms with Crippen LogP contribution in [0.15, 0.2) is 30.6 Å². The van der Waals surface area contributed by atoms with Crippen molar-refractivity contribution in [3.8, 4) is 11.5 Å². The van der Waals surface area contributed by atoms with Crippen LogP contribution < -0.4 is 15.2 Å². The number of primary amides is 1. The summed E-state index contributed by atoms with van der Waals surface area (Å²) < 4.78 is 12.3. The summed E-state index contributed by atoms with van der Waals surface area (Å²) in [5, 5.41) is 0. The number of piperidine rings is 1. The molecule has 0 radical (unpaired) electrons. The number of likely N-dealkylation sites (tertiary alicyclic amines) is 1. The van der Waals surface area contributed by atoms with Crippen molar-refractivity contribution in [1.29, 1.82) is 0 Å². The maximum Gasteiger partial charge on any atom is 0.257 e. The zero-order valence-corrected chi connectivity index (χ0v) is 15.6. The first-order chi connectivity index (χ1) is 13.0. The Labute approximate surface area is 157 Å². The molecule has 1 atom stereocenters. The number of aromatic nitrogens is 2. The fourth-order valence-corrected chi connectivity index (χ4v) is 3.50. The molecule has 1 aliphatic rings. The molecule has 0 aliphatic carbocycles. The van der Waals surface area contributed by atoms with Gasteiger partial charge < -0.3 is 24.7 Å². The Bertz CT molecular complexity index is 833. The first kappa shape index (κ1) is 18.8. The Kier molecular flexibility index (Phi) is 5.63. The first-order valence-electron chi connectivity index (χ1n) is 8.84. The molecule has 1 saturated heterocycles. The molecule has 1 aromatic heterocycles. The maximum atomic E-state index is 13.1. The summed E-state index contributed by atoms with van der Waals surface area (Å²) in [7, 11) is 3.10. The molecule has 2 amide bonds. The topological polar surface area (TPSA) is 99.7 Å². The molecule has 1 aromatic carbocycles. The number of ether oxygens (including phenoxy) is 2. The number of rotatable bonds is 6. The summed E-state index contributed by atoms with van der Waals surface area (Å²) in [6, 6.07) is 5.17. The second-order valence-electron chi connectivity index (χ2n) is 6.54. The predicted molar refractivity (Wildman–Crippen MR) is 98.8 cm³/mol. The van der Waals surface area contributed by atoms with E-state index in [2.05, 4.69) is 4.98 Å². The quantitative estimate of drug-likeness (QED) is 0.826.